The Balaban J connectivity index is 1.59. The molecule has 3 heteroatoms. The number of hydrogen-bond acceptors (Lipinski definition) is 2. The molecule has 0 aliphatic rings. The standard InChI is InChI=1S/C32H44O3/c1-2-3-4-5-6-7-8-9-10-11-20-28(21-14-17-24-31(33)34)35-32-29-22-15-12-18-26(29)25-27-19-13-16-23-30(27)32/h12-13,15-16,18-19,22-23,25,28H,2-11,14,17,20-21,24H2,1H3,(H,33,34). The maximum atomic E-state index is 11.0. The fourth-order valence-electron chi connectivity index (χ4n) is 5.04. The summed E-state index contributed by atoms with van der Waals surface area (Å²) in [4.78, 5) is 11.0. The van der Waals surface area contributed by atoms with Crippen molar-refractivity contribution in [3.8, 4) is 5.75 Å². The highest BCUT2D eigenvalue weighted by molar-refractivity contribution is 6.05. The van der Waals surface area contributed by atoms with Gasteiger partial charge in [-0.25, -0.2) is 0 Å². The first-order chi connectivity index (χ1) is 17.2. The van der Waals surface area contributed by atoms with Crippen molar-refractivity contribution in [3.63, 3.8) is 0 Å². The monoisotopic (exact) mass is 476 g/mol. The van der Waals surface area contributed by atoms with Gasteiger partial charge in [-0.1, -0.05) is 113 Å². The van der Waals surface area contributed by atoms with Gasteiger partial charge in [0.2, 0.25) is 0 Å². The minimum atomic E-state index is -0.711. The SMILES string of the molecule is CCCCCCCCCCCCC(CCCCC(=O)O)Oc1c2ccccc2cc2ccccc12. The van der Waals surface area contributed by atoms with Crippen LogP contribution in [0.2, 0.25) is 0 Å². The van der Waals surface area contributed by atoms with Gasteiger partial charge in [-0.15, -0.1) is 0 Å². The smallest absolute Gasteiger partial charge is 0.303 e. The Morgan fingerprint density at radius 3 is 1.74 bits per heavy atom. The Labute approximate surface area is 211 Å². The van der Waals surface area contributed by atoms with Crippen molar-refractivity contribution in [2.75, 3.05) is 0 Å². The Morgan fingerprint density at radius 1 is 0.714 bits per heavy atom. The van der Waals surface area contributed by atoms with E-state index in [1.165, 1.54) is 75.0 Å². The van der Waals surface area contributed by atoms with E-state index in [-0.39, 0.29) is 12.5 Å². The van der Waals surface area contributed by atoms with E-state index in [4.69, 9.17) is 9.84 Å². The number of ether oxygens (including phenoxy) is 1. The molecule has 3 nitrogen and oxygen atoms in total. The van der Waals surface area contributed by atoms with Crippen LogP contribution >= 0.6 is 0 Å². The van der Waals surface area contributed by atoms with Crippen molar-refractivity contribution in [3.05, 3.63) is 54.6 Å². The molecule has 3 aromatic rings. The normalized spacial score (nSPS) is 12.3. The van der Waals surface area contributed by atoms with E-state index >= 15 is 0 Å². The molecular weight excluding hydrogens is 432 g/mol. The maximum Gasteiger partial charge on any atom is 0.303 e. The summed E-state index contributed by atoms with van der Waals surface area (Å²) < 4.78 is 6.78. The quantitative estimate of drug-likeness (QED) is 0.147. The second kappa shape index (κ2) is 15.4. The lowest BCUT2D eigenvalue weighted by Crippen LogP contribution is -2.17. The van der Waals surface area contributed by atoms with E-state index < -0.39 is 5.97 Å². The molecule has 0 bridgehead atoms. The Bertz CT molecular complexity index is 972. The summed E-state index contributed by atoms with van der Waals surface area (Å²) in [6, 6.07) is 19.2. The number of carboxylic acids is 1. The van der Waals surface area contributed by atoms with Crippen LogP contribution in [0, 0.1) is 0 Å². The van der Waals surface area contributed by atoms with Crippen LogP contribution in [0.25, 0.3) is 21.5 Å². The summed E-state index contributed by atoms with van der Waals surface area (Å²) in [5.41, 5.74) is 0. The molecule has 1 atom stereocenters. The van der Waals surface area contributed by atoms with E-state index in [1.807, 2.05) is 0 Å². The van der Waals surface area contributed by atoms with Crippen LogP contribution in [0.5, 0.6) is 5.75 Å². The molecule has 0 fully saturated rings. The molecule has 0 saturated carbocycles. The highest BCUT2D eigenvalue weighted by Crippen LogP contribution is 2.36. The zero-order chi connectivity index (χ0) is 24.7. The third-order valence-electron chi connectivity index (χ3n) is 7.05. The molecule has 0 aliphatic heterocycles. The fourth-order valence-corrected chi connectivity index (χ4v) is 5.04. The number of rotatable bonds is 18. The number of carbonyl (C=O) groups is 1. The van der Waals surface area contributed by atoms with Gasteiger partial charge in [-0.2, -0.15) is 0 Å². The third kappa shape index (κ3) is 9.20. The Morgan fingerprint density at radius 2 is 1.20 bits per heavy atom. The van der Waals surface area contributed by atoms with Crippen LogP contribution in [-0.4, -0.2) is 17.2 Å². The van der Waals surface area contributed by atoms with E-state index in [2.05, 4.69) is 61.5 Å². The lowest BCUT2D eigenvalue weighted by molar-refractivity contribution is -0.137. The molecule has 0 aromatic heterocycles. The third-order valence-corrected chi connectivity index (χ3v) is 7.05. The number of benzene rings is 3. The lowest BCUT2D eigenvalue weighted by Gasteiger charge is -2.22. The van der Waals surface area contributed by atoms with E-state index in [0.29, 0.717) is 6.42 Å². The summed E-state index contributed by atoms with van der Waals surface area (Å²) in [5.74, 6) is 0.270. The summed E-state index contributed by atoms with van der Waals surface area (Å²) >= 11 is 0. The number of fused-ring (bicyclic) bond motifs is 2. The van der Waals surface area contributed by atoms with Crippen molar-refractivity contribution < 1.29 is 14.6 Å². The van der Waals surface area contributed by atoms with Crippen molar-refractivity contribution in [2.45, 2.75) is 109 Å². The molecule has 0 aliphatic carbocycles. The van der Waals surface area contributed by atoms with Gasteiger partial charge >= 0.3 is 5.97 Å². The lowest BCUT2D eigenvalue weighted by atomic mass is 10.00. The molecule has 0 radical (unpaired) electrons. The minimum absolute atomic E-state index is 0.118. The van der Waals surface area contributed by atoms with Gasteiger partial charge < -0.3 is 9.84 Å². The highest BCUT2D eigenvalue weighted by atomic mass is 16.5. The van der Waals surface area contributed by atoms with Gasteiger partial charge in [0.15, 0.2) is 0 Å². The number of carboxylic acid groups (broad SMARTS) is 1. The molecule has 1 unspecified atom stereocenters. The first-order valence-electron chi connectivity index (χ1n) is 14.0. The number of unbranched alkanes of at least 4 members (excludes halogenated alkanes) is 10. The molecule has 1 N–H and O–H groups in total. The van der Waals surface area contributed by atoms with Crippen LogP contribution in [-0.2, 0) is 4.79 Å². The molecule has 35 heavy (non-hydrogen) atoms. The zero-order valence-electron chi connectivity index (χ0n) is 21.6. The van der Waals surface area contributed by atoms with E-state index in [0.717, 1.165) is 35.8 Å². The van der Waals surface area contributed by atoms with E-state index in [1.54, 1.807) is 0 Å². The maximum absolute atomic E-state index is 11.0. The van der Waals surface area contributed by atoms with Crippen LogP contribution in [0.15, 0.2) is 54.6 Å². The summed E-state index contributed by atoms with van der Waals surface area (Å²) in [6.07, 6.45) is 17.2. The van der Waals surface area contributed by atoms with Crippen LogP contribution in [0.1, 0.15) is 103 Å². The number of aliphatic carboxylic acids is 1. The van der Waals surface area contributed by atoms with Gasteiger partial charge in [-0.3, -0.25) is 4.79 Å². The average molecular weight is 477 g/mol. The second-order valence-corrected chi connectivity index (χ2v) is 10.00. The minimum Gasteiger partial charge on any atom is -0.489 e. The summed E-state index contributed by atoms with van der Waals surface area (Å²) in [5, 5.41) is 13.7. The second-order valence-electron chi connectivity index (χ2n) is 10.00. The molecule has 3 aromatic carbocycles. The van der Waals surface area contributed by atoms with Gasteiger partial charge in [0.05, 0.1) is 6.10 Å². The highest BCUT2D eigenvalue weighted by Gasteiger charge is 2.16. The molecule has 3 rings (SSSR count). The van der Waals surface area contributed by atoms with Gasteiger partial charge in [-0.05, 0) is 48.9 Å². The molecule has 0 saturated heterocycles. The molecule has 0 heterocycles. The predicted molar refractivity (Wildman–Crippen MR) is 148 cm³/mol. The van der Waals surface area contributed by atoms with Crippen molar-refractivity contribution in [1.29, 1.82) is 0 Å². The molecule has 0 spiro atoms. The van der Waals surface area contributed by atoms with Gasteiger partial charge in [0.1, 0.15) is 5.75 Å². The first-order valence-corrected chi connectivity index (χ1v) is 14.0. The van der Waals surface area contributed by atoms with Crippen LogP contribution in [0.3, 0.4) is 0 Å². The number of hydrogen-bond donors (Lipinski definition) is 1. The summed E-state index contributed by atoms with van der Waals surface area (Å²) in [7, 11) is 0. The van der Waals surface area contributed by atoms with Crippen molar-refractivity contribution >= 4 is 27.5 Å². The molecule has 0 amide bonds. The van der Waals surface area contributed by atoms with E-state index in [9.17, 15) is 4.79 Å². The van der Waals surface area contributed by atoms with Crippen LogP contribution in [0.4, 0.5) is 0 Å². The zero-order valence-corrected chi connectivity index (χ0v) is 21.6. The van der Waals surface area contributed by atoms with Crippen molar-refractivity contribution in [1.82, 2.24) is 0 Å². The van der Waals surface area contributed by atoms with Crippen LogP contribution < -0.4 is 4.74 Å². The average Bonchev–Trinajstić information content (AvgIpc) is 2.87. The Hall–Kier alpha value is -2.55. The van der Waals surface area contributed by atoms with Crippen molar-refractivity contribution in [2.24, 2.45) is 0 Å². The van der Waals surface area contributed by atoms with Gasteiger partial charge in [0, 0.05) is 17.2 Å². The largest absolute Gasteiger partial charge is 0.489 e. The first kappa shape index (κ1) is 27.0. The molecule has 190 valence electrons. The fraction of sp³-hybridized carbons (Fsp3) is 0.531. The predicted octanol–water partition coefficient (Wildman–Crippen LogP) is 9.70. The topological polar surface area (TPSA) is 46.5 Å². The van der Waals surface area contributed by atoms with Gasteiger partial charge in [0.25, 0.3) is 0 Å². The summed E-state index contributed by atoms with van der Waals surface area (Å²) in [6.45, 7) is 2.27. The Kier molecular flexibility index (Phi) is 11.9. The molecular formula is C32H44O3.